The summed E-state index contributed by atoms with van der Waals surface area (Å²) in [5, 5.41) is 21.2. The molecule has 0 unspecified atom stereocenters. The minimum atomic E-state index is -0.881. The van der Waals surface area contributed by atoms with Crippen LogP contribution < -0.4 is 5.32 Å². The van der Waals surface area contributed by atoms with Gasteiger partial charge in [0.1, 0.15) is 11.9 Å². The number of aromatic nitrogens is 1. The number of likely N-dealkylation sites (tertiary alicyclic amines) is 1. The molecule has 0 aliphatic carbocycles. The Morgan fingerprint density at radius 2 is 2.47 bits per heavy atom. The van der Waals surface area contributed by atoms with Gasteiger partial charge in [-0.15, -0.1) is 0 Å². The molecule has 6 heteroatoms. The Labute approximate surface area is 111 Å². The Morgan fingerprint density at radius 3 is 3.21 bits per heavy atom. The lowest BCUT2D eigenvalue weighted by Gasteiger charge is -2.33. The molecule has 0 aromatic carbocycles. The van der Waals surface area contributed by atoms with Crippen LogP contribution in [0.25, 0.3) is 0 Å². The van der Waals surface area contributed by atoms with Crippen molar-refractivity contribution in [2.24, 2.45) is 0 Å². The highest BCUT2D eigenvalue weighted by molar-refractivity contribution is 5.65. The van der Waals surface area contributed by atoms with Crippen LogP contribution in [0.5, 0.6) is 0 Å². The van der Waals surface area contributed by atoms with Crippen LogP contribution in [0.3, 0.4) is 0 Å². The first-order chi connectivity index (χ1) is 9.22. The van der Waals surface area contributed by atoms with E-state index in [-0.39, 0.29) is 6.04 Å². The lowest BCUT2D eigenvalue weighted by Crippen LogP contribution is -2.46. The van der Waals surface area contributed by atoms with Crippen LogP contribution in [0.15, 0.2) is 18.3 Å². The molecule has 19 heavy (non-hydrogen) atoms. The maximum Gasteiger partial charge on any atom is 0.407 e. The molecule has 1 aliphatic heterocycles. The average Bonchev–Trinajstić information content (AvgIpc) is 2.45. The second kappa shape index (κ2) is 6.05. The van der Waals surface area contributed by atoms with Gasteiger partial charge in [0, 0.05) is 19.3 Å². The van der Waals surface area contributed by atoms with Gasteiger partial charge < -0.3 is 15.3 Å². The van der Waals surface area contributed by atoms with Crippen molar-refractivity contribution in [2.75, 3.05) is 18.4 Å². The molecule has 0 bridgehead atoms. The molecule has 1 saturated heterocycles. The second-order valence-corrected chi connectivity index (χ2v) is 4.52. The quantitative estimate of drug-likeness (QED) is 0.866. The molecule has 2 rings (SSSR count). The summed E-state index contributed by atoms with van der Waals surface area (Å²) in [4.78, 5) is 16.7. The number of nitriles is 1. The highest BCUT2D eigenvalue weighted by Crippen LogP contribution is 2.18. The van der Waals surface area contributed by atoms with E-state index in [2.05, 4.69) is 16.4 Å². The summed E-state index contributed by atoms with van der Waals surface area (Å²) in [5.41, 5.74) is 0.472. The van der Waals surface area contributed by atoms with Crippen LogP contribution in [0.2, 0.25) is 0 Å². The van der Waals surface area contributed by atoms with Crippen molar-refractivity contribution < 1.29 is 9.90 Å². The van der Waals surface area contributed by atoms with Gasteiger partial charge in [-0.3, -0.25) is 0 Å². The molecular weight excluding hydrogens is 244 g/mol. The monoisotopic (exact) mass is 260 g/mol. The maximum atomic E-state index is 11.1. The first kappa shape index (κ1) is 13.1. The van der Waals surface area contributed by atoms with Crippen LogP contribution in [-0.2, 0) is 0 Å². The molecule has 1 aliphatic rings. The van der Waals surface area contributed by atoms with Crippen LogP contribution in [-0.4, -0.2) is 40.2 Å². The molecule has 1 fully saturated rings. The highest BCUT2D eigenvalue weighted by atomic mass is 16.4. The van der Waals surface area contributed by atoms with Gasteiger partial charge in [0.15, 0.2) is 0 Å². The third-order valence-corrected chi connectivity index (χ3v) is 3.31. The zero-order valence-electron chi connectivity index (χ0n) is 10.5. The van der Waals surface area contributed by atoms with E-state index in [0.29, 0.717) is 24.5 Å². The minimum absolute atomic E-state index is 0.0557. The smallest absolute Gasteiger partial charge is 0.407 e. The molecular formula is C13H16N4O2. The Kier molecular flexibility index (Phi) is 4.18. The molecule has 1 aromatic rings. The Bertz CT molecular complexity index is 498. The zero-order valence-corrected chi connectivity index (χ0v) is 10.5. The number of pyridine rings is 1. The fourth-order valence-electron chi connectivity index (χ4n) is 2.32. The number of carboxylic acid groups (broad SMARTS) is 1. The van der Waals surface area contributed by atoms with E-state index in [9.17, 15) is 4.79 Å². The highest BCUT2D eigenvalue weighted by Gasteiger charge is 2.26. The summed E-state index contributed by atoms with van der Waals surface area (Å²) in [5.74, 6) is 0.515. The van der Waals surface area contributed by atoms with Crippen LogP contribution >= 0.6 is 0 Å². The minimum Gasteiger partial charge on any atom is -0.465 e. The van der Waals surface area contributed by atoms with Gasteiger partial charge in [-0.05, 0) is 31.4 Å². The number of amides is 1. The van der Waals surface area contributed by atoms with Gasteiger partial charge in [-0.2, -0.15) is 5.26 Å². The fourth-order valence-corrected chi connectivity index (χ4v) is 2.32. The Balaban J connectivity index is 2.01. The number of carbonyl (C=O) groups is 1. The van der Waals surface area contributed by atoms with Crippen molar-refractivity contribution in [3.8, 4) is 6.07 Å². The summed E-state index contributed by atoms with van der Waals surface area (Å²) in [7, 11) is 0. The van der Waals surface area contributed by atoms with E-state index in [1.54, 1.807) is 18.3 Å². The van der Waals surface area contributed by atoms with Gasteiger partial charge in [0.05, 0.1) is 11.6 Å². The number of anilines is 1. The van der Waals surface area contributed by atoms with Gasteiger partial charge in [-0.25, -0.2) is 9.78 Å². The SMILES string of the molecule is N#Cc1cccnc1NC[C@@H]1CCCCN1C(=O)O. The van der Waals surface area contributed by atoms with E-state index in [1.807, 2.05) is 0 Å². The van der Waals surface area contributed by atoms with Crippen LogP contribution in [0.4, 0.5) is 10.6 Å². The standard InChI is InChI=1S/C13H16N4O2/c14-8-10-4-3-6-15-12(10)16-9-11-5-1-2-7-17(11)13(18)19/h3-4,6,11H,1-2,5,7,9H2,(H,15,16)(H,18,19)/t11-/m0/s1. The summed E-state index contributed by atoms with van der Waals surface area (Å²) >= 11 is 0. The second-order valence-electron chi connectivity index (χ2n) is 4.52. The van der Waals surface area contributed by atoms with Crippen molar-refractivity contribution >= 4 is 11.9 Å². The molecule has 0 radical (unpaired) electrons. The van der Waals surface area contributed by atoms with Crippen molar-refractivity contribution in [1.29, 1.82) is 5.26 Å². The first-order valence-corrected chi connectivity index (χ1v) is 6.31. The van der Waals surface area contributed by atoms with Gasteiger partial charge in [0.2, 0.25) is 0 Å². The molecule has 1 atom stereocenters. The Hall–Kier alpha value is -2.29. The van der Waals surface area contributed by atoms with Gasteiger partial charge in [-0.1, -0.05) is 0 Å². The zero-order chi connectivity index (χ0) is 13.7. The molecule has 0 saturated carbocycles. The molecule has 2 heterocycles. The molecule has 100 valence electrons. The number of piperidine rings is 1. The molecule has 6 nitrogen and oxygen atoms in total. The fraction of sp³-hybridized carbons (Fsp3) is 0.462. The third kappa shape index (κ3) is 3.13. The number of nitrogens with one attached hydrogen (secondary N) is 1. The van der Waals surface area contributed by atoms with Gasteiger partial charge >= 0.3 is 6.09 Å². The van der Waals surface area contributed by atoms with Crippen molar-refractivity contribution in [2.45, 2.75) is 25.3 Å². The van der Waals surface area contributed by atoms with Crippen molar-refractivity contribution in [3.05, 3.63) is 23.9 Å². The molecule has 1 aromatic heterocycles. The predicted molar refractivity (Wildman–Crippen MR) is 69.8 cm³/mol. The maximum absolute atomic E-state index is 11.1. The number of hydrogen-bond donors (Lipinski definition) is 2. The van der Waals surface area contributed by atoms with Crippen LogP contribution in [0.1, 0.15) is 24.8 Å². The lowest BCUT2D eigenvalue weighted by molar-refractivity contribution is 0.110. The molecule has 2 N–H and O–H groups in total. The predicted octanol–water partition coefficient (Wildman–Crippen LogP) is 1.90. The van der Waals surface area contributed by atoms with E-state index in [0.717, 1.165) is 19.3 Å². The summed E-state index contributed by atoms with van der Waals surface area (Å²) in [6, 6.07) is 5.39. The number of rotatable bonds is 3. The topological polar surface area (TPSA) is 89.3 Å². The number of hydrogen-bond acceptors (Lipinski definition) is 4. The summed E-state index contributed by atoms with van der Waals surface area (Å²) in [6.45, 7) is 1.06. The van der Waals surface area contributed by atoms with Crippen molar-refractivity contribution in [3.63, 3.8) is 0 Å². The largest absolute Gasteiger partial charge is 0.465 e. The number of nitrogens with zero attached hydrogens (tertiary/aromatic N) is 3. The van der Waals surface area contributed by atoms with Crippen LogP contribution in [0, 0.1) is 11.3 Å². The van der Waals surface area contributed by atoms with E-state index in [1.165, 1.54) is 4.90 Å². The average molecular weight is 260 g/mol. The molecule has 0 spiro atoms. The van der Waals surface area contributed by atoms with E-state index >= 15 is 0 Å². The normalized spacial score (nSPS) is 18.7. The molecule has 1 amide bonds. The van der Waals surface area contributed by atoms with Crippen molar-refractivity contribution in [1.82, 2.24) is 9.88 Å². The van der Waals surface area contributed by atoms with E-state index < -0.39 is 6.09 Å². The lowest BCUT2D eigenvalue weighted by atomic mass is 10.0. The third-order valence-electron chi connectivity index (χ3n) is 3.31. The summed E-state index contributed by atoms with van der Waals surface area (Å²) < 4.78 is 0. The first-order valence-electron chi connectivity index (χ1n) is 6.31. The summed E-state index contributed by atoms with van der Waals surface area (Å²) in [6.07, 6.45) is 3.51. The Morgan fingerprint density at radius 1 is 1.63 bits per heavy atom. The van der Waals surface area contributed by atoms with E-state index in [4.69, 9.17) is 10.4 Å². The van der Waals surface area contributed by atoms with Gasteiger partial charge in [0.25, 0.3) is 0 Å².